The van der Waals surface area contributed by atoms with Crippen LogP contribution in [0.5, 0.6) is 0 Å². The number of halogens is 6. The van der Waals surface area contributed by atoms with Gasteiger partial charge in [-0.25, -0.2) is 26.3 Å². The van der Waals surface area contributed by atoms with Crippen LogP contribution in [-0.4, -0.2) is 11.8 Å². The third-order valence-corrected chi connectivity index (χ3v) is 3.89. The molecule has 0 unspecified atom stereocenters. The molecule has 0 aliphatic rings. The molecule has 0 spiro atoms. The monoisotopic (exact) mass is 424 g/mol. The van der Waals surface area contributed by atoms with Gasteiger partial charge in [-0.05, 0) is 48.5 Å². The first kappa shape index (κ1) is 20.9. The number of anilines is 2. The minimum atomic E-state index is -1.70. The minimum Gasteiger partial charge on any atom is -0.322 e. The van der Waals surface area contributed by atoms with Crippen molar-refractivity contribution in [2.24, 2.45) is 0 Å². The van der Waals surface area contributed by atoms with E-state index in [1.807, 2.05) is 0 Å². The van der Waals surface area contributed by atoms with E-state index in [0.717, 1.165) is 0 Å². The van der Waals surface area contributed by atoms with Gasteiger partial charge in [-0.3, -0.25) is 9.59 Å². The van der Waals surface area contributed by atoms with Crippen LogP contribution in [0.3, 0.4) is 0 Å². The summed E-state index contributed by atoms with van der Waals surface area (Å²) in [6, 6.07) is 7.38. The zero-order valence-corrected chi connectivity index (χ0v) is 14.7. The molecule has 3 aromatic rings. The lowest BCUT2D eigenvalue weighted by molar-refractivity contribution is 0.101. The molecule has 0 bridgehead atoms. The molecule has 0 aliphatic carbocycles. The first-order chi connectivity index (χ1) is 14.2. The molecular weight excluding hydrogens is 414 g/mol. The van der Waals surface area contributed by atoms with Crippen LogP contribution in [0.15, 0.2) is 48.5 Å². The molecule has 3 rings (SSSR count). The maximum atomic E-state index is 13.2. The molecule has 154 valence electrons. The van der Waals surface area contributed by atoms with Crippen LogP contribution in [0.1, 0.15) is 20.7 Å². The molecule has 3 aromatic carbocycles. The summed E-state index contributed by atoms with van der Waals surface area (Å²) in [6.07, 6.45) is 0. The molecule has 2 amide bonds. The van der Waals surface area contributed by atoms with Crippen LogP contribution in [0, 0.1) is 34.9 Å². The fourth-order valence-electron chi connectivity index (χ4n) is 2.42. The molecule has 0 saturated heterocycles. The van der Waals surface area contributed by atoms with Gasteiger partial charge in [0.25, 0.3) is 11.8 Å². The van der Waals surface area contributed by atoms with E-state index in [4.69, 9.17) is 0 Å². The van der Waals surface area contributed by atoms with Gasteiger partial charge in [0.2, 0.25) is 0 Å². The highest BCUT2D eigenvalue weighted by Crippen LogP contribution is 2.19. The SMILES string of the molecule is O=C(Nc1ccc(NC(=O)c2cc(F)c(F)c(F)c2)cc1)c1cc(F)c(F)c(F)c1. The summed E-state index contributed by atoms with van der Waals surface area (Å²) >= 11 is 0. The molecule has 10 heteroatoms. The summed E-state index contributed by atoms with van der Waals surface area (Å²) in [5, 5.41) is 4.63. The van der Waals surface area contributed by atoms with E-state index in [1.165, 1.54) is 24.3 Å². The summed E-state index contributed by atoms with van der Waals surface area (Å²) in [5.41, 5.74) is -0.572. The summed E-state index contributed by atoms with van der Waals surface area (Å²) < 4.78 is 78.8. The van der Waals surface area contributed by atoms with Gasteiger partial charge in [0.1, 0.15) is 0 Å². The Morgan fingerprint density at radius 2 is 0.800 bits per heavy atom. The maximum Gasteiger partial charge on any atom is 0.255 e. The zero-order chi connectivity index (χ0) is 22.0. The standard InChI is InChI=1S/C20H10F6N2O2/c21-13-5-9(6-14(22)17(13)25)19(29)27-11-1-2-12(4-3-11)28-20(30)10-7-15(23)18(26)16(24)8-10/h1-8H,(H,27,29)(H,28,30). The molecule has 30 heavy (non-hydrogen) atoms. The van der Waals surface area contributed by atoms with Gasteiger partial charge >= 0.3 is 0 Å². The van der Waals surface area contributed by atoms with Gasteiger partial charge in [0.15, 0.2) is 34.9 Å². The van der Waals surface area contributed by atoms with Gasteiger partial charge in [-0.2, -0.15) is 0 Å². The van der Waals surface area contributed by atoms with E-state index in [2.05, 4.69) is 10.6 Å². The van der Waals surface area contributed by atoms with Crippen LogP contribution in [-0.2, 0) is 0 Å². The van der Waals surface area contributed by atoms with Crippen molar-refractivity contribution in [1.29, 1.82) is 0 Å². The molecular formula is C20H10F6N2O2. The van der Waals surface area contributed by atoms with Crippen molar-refractivity contribution in [3.8, 4) is 0 Å². The second-order valence-corrected chi connectivity index (χ2v) is 5.99. The maximum absolute atomic E-state index is 13.2. The molecule has 2 N–H and O–H groups in total. The Morgan fingerprint density at radius 1 is 0.533 bits per heavy atom. The van der Waals surface area contributed by atoms with Crippen LogP contribution >= 0.6 is 0 Å². The second-order valence-electron chi connectivity index (χ2n) is 5.99. The van der Waals surface area contributed by atoms with Crippen LogP contribution in [0.2, 0.25) is 0 Å². The van der Waals surface area contributed by atoms with Gasteiger partial charge in [-0.15, -0.1) is 0 Å². The van der Waals surface area contributed by atoms with E-state index in [0.29, 0.717) is 24.3 Å². The highest BCUT2D eigenvalue weighted by atomic mass is 19.2. The Morgan fingerprint density at radius 3 is 1.07 bits per heavy atom. The minimum absolute atomic E-state index is 0.169. The van der Waals surface area contributed by atoms with Crippen LogP contribution < -0.4 is 10.6 Å². The van der Waals surface area contributed by atoms with Crippen LogP contribution in [0.25, 0.3) is 0 Å². The summed E-state index contributed by atoms with van der Waals surface area (Å²) in [4.78, 5) is 24.1. The van der Waals surface area contributed by atoms with E-state index in [1.54, 1.807) is 0 Å². The number of carbonyl (C=O) groups excluding carboxylic acids is 2. The number of amides is 2. The number of rotatable bonds is 4. The van der Waals surface area contributed by atoms with Crippen molar-refractivity contribution in [1.82, 2.24) is 0 Å². The van der Waals surface area contributed by atoms with Gasteiger partial charge < -0.3 is 10.6 Å². The third kappa shape index (κ3) is 4.43. The van der Waals surface area contributed by atoms with Crippen molar-refractivity contribution in [3.63, 3.8) is 0 Å². The van der Waals surface area contributed by atoms with Crippen molar-refractivity contribution < 1.29 is 35.9 Å². The number of nitrogens with one attached hydrogen (secondary N) is 2. The third-order valence-electron chi connectivity index (χ3n) is 3.89. The Bertz CT molecular complexity index is 1010. The first-order valence-electron chi connectivity index (χ1n) is 8.17. The van der Waals surface area contributed by atoms with Crippen molar-refractivity contribution in [2.45, 2.75) is 0 Å². The smallest absolute Gasteiger partial charge is 0.255 e. The Labute approximate surface area is 165 Å². The Balaban J connectivity index is 1.69. The van der Waals surface area contributed by atoms with Gasteiger partial charge in [0, 0.05) is 22.5 Å². The normalized spacial score (nSPS) is 10.6. The van der Waals surface area contributed by atoms with Crippen LogP contribution in [0.4, 0.5) is 37.7 Å². The Hall–Kier alpha value is -3.82. The predicted molar refractivity (Wildman–Crippen MR) is 95.0 cm³/mol. The number of hydrogen-bond donors (Lipinski definition) is 2. The molecule has 0 saturated carbocycles. The predicted octanol–water partition coefficient (Wildman–Crippen LogP) is 5.03. The second kappa shape index (κ2) is 8.27. The largest absolute Gasteiger partial charge is 0.322 e. The quantitative estimate of drug-likeness (QED) is 0.456. The van der Waals surface area contributed by atoms with E-state index >= 15 is 0 Å². The molecule has 4 nitrogen and oxygen atoms in total. The molecule has 0 radical (unpaired) electrons. The zero-order valence-electron chi connectivity index (χ0n) is 14.7. The topological polar surface area (TPSA) is 58.2 Å². The lowest BCUT2D eigenvalue weighted by Gasteiger charge is -2.09. The van der Waals surface area contributed by atoms with Crippen molar-refractivity contribution in [3.05, 3.63) is 94.6 Å². The highest BCUT2D eigenvalue weighted by Gasteiger charge is 2.17. The highest BCUT2D eigenvalue weighted by molar-refractivity contribution is 6.05. The molecule has 0 fully saturated rings. The van der Waals surface area contributed by atoms with E-state index in [-0.39, 0.29) is 11.4 Å². The van der Waals surface area contributed by atoms with Crippen molar-refractivity contribution >= 4 is 23.2 Å². The van der Waals surface area contributed by atoms with E-state index < -0.39 is 57.8 Å². The molecule has 0 heterocycles. The average molecular weight is 424 g/mol. The molecule has 0 aliphatic heterocycles. The van der Waals surface area contributed by atoms with Crippen molar-refractivity contribution in [2.75, 3.05) is 10.6 Å². The summed E-state index contributed by atoms with van der Waals surface area (Å²) in [7, 11) is 0. The summed E-state index contributed by atoms with van der Waals surface area (Å²) in [5.74, 6) is -11.3. The van der Waals surface area contributed by atoms with Gasteiger partial charge in [-0.1, -0.05) is 0 Å². The summed E-state index contributed by atoms with van der Waals surface area (Å²) in [6.45, 7) is 0. The average Bonchev–Trinajstić information content (AvgIpc) is 2.70. The Kier molecular flexibility index (Phi) is 5.77. The first-order valence-corrected chi connectivity index (χ1v) is 8.17. The molecule has 0 atom stereocenters. The fraction of sp³-hybridized carbons (Fsp3) is 0. The van der Waals surface area contributed by atoms with E-state index in [9.17, 15) is 35.9 Å². The lowest BCUT2D eigenvalue weighted by atomic mass is 10.1. The van der Waals surface area contributed by atoms with Gasteiger partial charge in [0.05, 0.1) is 0 Å². The number of carbonyl (C=O) groups is 2. The number of benzene rings is 3. The molecule has 0 aromatic heterocycles. The lowest BCUT2D eigenvalue weighted by Crippen LogP contribution is -2.14. The number of hydrogen-bond acceptors (Lipinski definition) is 2. The fourth-order valence-corrected chi connectivity index (χ4v) is 2.42.